The highest BCUT2D eigenvalue weighted by Crippen LogP contribution is 2.32. The molecule has 0 aromatic heterocycles. The minimum absolute atomic E-state index is 0.121. The van der Waals surface area contributed by atoms with Crippen molar-refractivity contribution < 1.29 is 14.8 Å². The molecule has 0 aliphatic rings. The lowest BCUT2D eigenvalue weighted by Gasteiger charge is -2.04. The van der Waals surface area contributed by atoms with Crippen molar-refractivity contribution in [3.8, 4) is 11.5 Å². The van der Waals surface area contributed by atoms with Gasteiger partial charge in [0.1, 0.15) is 0 Å². The first-order valence-electron chi connectivity index (χ1n) is 3.88. The molecule has 0 saturated heterocycles. The first-order valence-corrected chi connectivity index (χ1v) is 3.88. The molecule has 80 valence electrons. The smallest absolute Gasteiger partial charge is 0.282 e. The van der Waals surface area contributed by atoms with Gasteiger partial charge in [-0.15, -0.1) is 0 Å². The van der Waals surface area contributed by atoms with Crippen molar-refractivity contribution in [2.45, 2.75) is 0 Å². The van der Waals surface area contributed by atoms with E-state index in [9.17, 15) is 15.2 Å². The zero-order valence-electron chi connectivity index (χ0n) is 7.88. The van der Waals surface area contributed by atoms with Gasteiger partial charge in [-0.1, -0.05) is 0 Å². The van der Waals surface area contributed by atoms with Crippen molar-refractivity contribution >= 4 is 11.9 Å². The fourth-order valence-corrected chi connectivity index (χ4v) is 1.08. The molecule has 0 fully saturated rings. The van der Waals surface area contributed by atoms with Crippen molar-refractivity contribution in [2.75, 3.05) is 7.11 Å². The number of nitrogens with zero attached hydrogens (tertiary/aromatic N) is 2. The molecule has 15 heavy (non-hydrogen) atoms. The lowest BCUT2D eigenvalue weighted by Crippen LogP contribution is -1.97. The molecule has 1 aromatic rings. The molecule has 7 nitrogen and oxygen atoms in total. The predicted octanol–water partition coefficient (Wildman–Crippen LogP) is 0.602. The molecule has 0 aliphatic heterocycles. The molecule has 0 aliphatic carbocycles. The van der Waals surface area contributed by atoms with Gasteiger partial charge in [0.05, 0.1) is 29.9 Å². The topological polar surface area (TPSA) is 111 Å². The molecule has 0 spiro atoms. The molecular formula is C8H9N3O4. The number of nitro groups is 1. The number of phenols is 1. The Bertz CT molecular complexity index is 417. The quantitative estimate of drug-likeness (QED) is 0.329. The van der Waals surface area contributed by atoms with Crippen LogP contribution >= 0.6 is 0 Å². The second-order valence-corrected chi connectivity index (χ2v) is 2.62. The average molecular weight is 211 g/mol. The first-order chi connectivity index (χ1) is 7.10. The summed E-state index contributed by atoms with van der Waals surface area (Å²) < 4.78 is 4.79. The molecule has 0 atom stereocenters. The van der Waals surface area contributed by atoms with Crippen molar-refractivity contribution in [1.29, 1.82) is 0 Å². The van der Waals surface area contributed by atoms with E-state index in [0.29, 0.717) is 0 Å². The van der Waals surface area contributed by atoms with E-state index in [-0.39, 0.29) is 22.7 Å². The summed E-state index contributed by atoms with van der Waals surface area (Å²) in [4.78, 5) is 9.96. The van der Waals surface area contributed by atoms with E-state index in [1.807, 2.05) is 0 Å². The number of methoxy groups -OCH3 is 1. The van der Waals surface area contributed by atoms with Crippen molar-refractivity contribution in [1.82, 2.24) is 0 Å². The van der Waals surface area contributed by atoms with Gasteiger partial charge >= 0.3 is 0 Å². The van der Waals surface area contributed by atoms with Crippen LogP contribution in [0.4, 0.5) is 5.69 Å². The fraction of sp³-hybridized carbons (Fsp3) is 0.125. The van der Waals surface area contributed by atoms with Gasteiger partial charge in [0.15, 0.2) is 11.5 Å². The van der Waals surface area contributed by atoms with Crippen LogP contribution < -0.4 is 10.6 Å². The van der Waals surface area contributed by atoms with E-state index in [1.54, 1.807) is 0 Å². The van der Waals surface area contributed by atoms with Gasteiger partial charge in [0.2, 0.25) is 0 Å². The highest BCUT2D eigenvalue weighted by atomic mass is 16.6. The summed E-state index contributed by atoms with van der Waals surface area (Å²) >= 11 is 0. The molecule has 0 amide bonds. The highest BCUT2D eigenvalue weighted by molar-refractivity contribution is 5.86. The lowest BCUT2D eigenvalue weighted by molar-refractivity contribution is -0.385. The number of ether oxygens (including phenoxy) is 1. The maximum atomic E-state index is 10.6. The third-order valence-corrected chi connectivity index (χ3v) is 1.74. The first kappa shape index (κ1) is 10.8. The van der Waals surface area contributed by atoms with Crippen molar-refractivity contribution in [2.24, 2.45) is 10.9 Å². The number of hydrazone groups is 1. The highest BCUT2D eigenvalue weighted by Gasteiger charge is 2.17. The van der Waals surface area contributed by atoms with Crippen LogP contribution in [-0.2, 0) is 0 Å². The number of benzene rings is 1. The van der Waals surface area contributed by atoms with E-state index in [2.05, 4.69) is 5.10 Å². The van der Waals surface area contributed by atoms with Crippen LogP contribution in [0.1, 0.15) is 5.56 Å². The number of aromatic hydroxyl groups is 1. The molecule has 7 heteroatoms. The zero-order valence-corrected chi connectivity index (χ0v) is 7.88. The summed E-state index contributed by atoms with van der Waals surface area (Å²) in [5.74, 6) is 4.72. The van der Waals surface area contributed by atoms with Crippen LogP contribution in [0.15, 0.2) is 17.2 Å². The molecule has 1 rings (SSSR count). The number of nitro benzene ring substituents is 1. The third-order valence-electron chi connectivity index (χ3n) is 1.74. The maximum absolute atomic E-state index is 10.6. The Hall–Kier alpha value is -2.31. The Kier molecular flexibility index (Phi) is 3.06. The monoisotopic (exact) mass is 211 g/mol. The fourth-order valence-electron chi connectivity index (χ4n) is 1.08. The van der Waals surface area contributed by atoms with Gasteiger partial charge in [-0.3, -0.25) is 10.1 Å². The van der Waals surface area contributed by atoms with E-state index < -0.39 is 4.92 Å². The zero-order chi connectivity index (χ0) is 11.4. The largest absolute Gasteiger partial charge is 0.504 e. The predicted molar refractivity (Wildman–Crippen MR) is 53.1 cm³/mol. The minimum atomic E-state index is -0.643. The van der Waals surface area contributed by atoms with Gasteiger partial charge in [-0.05, 0) is 6.07 Å². The van der Waals surface area contributed by atoms with Crippen LogP contribution in [0.2, 0.25) is 0 Å². The summed E-state index contributed by atoms with van der Waals surface area (Å²) in [5, 5.41) is 23.1. The Balaban J connectivity index is 3.38. The van der Waals surface area contributed by atoms with Crippen LogP contribution in [0.5, 0.6) is 11.5 Å². The second kappa shape index (κ2) is 4.27. The average Bonchev–Trinajstić information content (AvgIpc) is 2.20. The van der Waals surface area contributed by atoms with Crippen LogP contribution in [-0.4, -0.2) is 23.4 Å². The van der Waals surface area contributed by atoms with Crippen LogP contribution in [0, 0.1) is 10.1 Å². The number of rotatable bonds is 3. The molecule has 0 heterocycles. The summed E-state index contributed by atoms with van der Waals surface area (Å²) in [6.45, 7) is 0. The van der Waals surface area contributed by atoms with Crippen molar-refractivity contribution in [3.05, 3.63) is 27.8 Å². The van der Waals surface area contributed by atoms with Gasteiger partial charge in [0.25, 0.3) is 5.69 Å². The molecule has 0 unspecified atom stereocenters. The minimum Gasteiger partial charge on any atom is -0.504 e. The lowest BCUT2D eigenvalue weighted by atomic mass is 10.1. The molecule has 3 N–H and O–H groups in total. The maximum Gasteiger partial charge on any atom is 0.282 e. The summed E-state index contributed by atoms with van der Waals surface area (Å²) in [5.41, 5.74) is -0.125. The summed E-state index contributed by atoms with van der Waals surface area (Å²) in [7, 11) is 1.34. The van der Waals surface area contributed by atoms with E-state index >= 15 is 0 Å². The molecule has 0 saturated carbocycles. The molecule has 0 radical (unpaired) electrons. The van der Waals surface area contributed by atoms with E-state index in [0.717, 1.165) is 12.3 Å². The van der Waals surface area contributed by atoms with E-state index in [1.165, 1.54) is 13.2 Å². The number of phenolic OH excluding ortho intramolecular Hbond substituents is 1. The summed E-state index contributed by atoms with van der Waals surface area (Å²) in [6, 6.07) is 2.26. The molecule has 0 bridgehead atoms. The number of nitrogens with two attached hydrogens (primary N) is 1. The standard InChI is InChI=1S/C8H9N3O4/c1-15-8-2-5(4-10-9)6(11(13)14)3-7(8)12/h2-4,12H,9H2,1H3. The van der Waals surface area contributed by atoms with Gasteiger partial charge in [0, 0.05) is 0 Å². The van der Waals surface area contributed by atoms with Gasteiger partial charge in [-0.25, -0.2) is 0 Å². The number of hydrogen-bond acceptors (Lipinski definition) is 6. The summed E-state index contributed by atoms with van der Waals surface area (Å²) in [6.07, 6.45) is 1.11. The van der Waals surface area contributed by atoms with Crippen LogP contribution in [0.3, 0.4) is 0 Å². The third kappa shape index (κ3) is 2.13. The Morgan fingerprint density at radius 2 is 2.33 bits per heavy atom. The molecular weight excluding hydrogens is 202 g/mol. The van der Waals surface area contributed by atoms with Gasteiger partial charge in [-0.2, -0.15) is 5.10 Å². The van der Waals surface area contributed by atoms with Crippen LogP contribution in [0.25, 0.3) is 0 Å². The number of hydrogen-bond donors (Lipinski definition) is 2. The van der Waals surface area contributed by atoms with Crippen molar-refractivity contribution in [3.63, 3.8) is 0 Å². The molecule has 1 aromatic carbocycles. The van der Waals surface area contributed by atoms with E-state index in [4.69, 9.17) is 10.6 Å². The Morgan fingerprint density at radius 1 is 1.67 bits per heavy atom. The second-order valence-electron chi connectivity index (χ2n) is 2.62. The SMILES string of the molecule is COc1cc(C=NN)c([N+](=O)[O-])cc1O. The van der Waals surface area contributed by atoms with Gasteiger partial charge < -0.3 is 15.7 Å². The Morgan fingerprint density at radius 3 is 2.80 bits per heavy atom. The normalized spacial score (nSPS) is 10.5. The Labute approximate surface area is 84.9 Å².